The molecule has 0 atom stereocenters. The van der Waals surface area contributed by atoms with Gasteiger partial charge in [-0.1, -0.05) is 24.3 Å². The topological polar surface area (TPSA) is 38.1 Å². The molecular weight excluding hydrogens is 214 g/mol. The van der Waals surface area contributed by atoms with Crippen molar-refractivity contribution < 1.29 is 4.79 Å². The molecule has 1 aromatic carbocycles. The van der Waals surface area contributed by atoms with Gasteiger partial charge in [-0.3, -0.25) is 9.48 Å². The van der Waals surface area contributed by atoms with Crippen molar-refractivity contribution in [3.8, 4) is 0 Å². The Balaban J connectivity index is 1.83. The lowest BCUT2D eigenvalue weighted by Crippen LogP contribution is -2.24. The minimum Gasteiger partial charge on any atom is -0.330 e. The molecule has 0 saturated carbocycles. The lowest BCUT2D eigenvalue weighted by atomic mass is 10.1. The molecule has 17 heavy (non-hydrogen) atoms. The highest BCUT2D eigenvalue weighted by atomic mass is 16.2. The second-order valence-electron chi connectivity index (χ2n) is 4.33. The number of nitrogens with zero attached hydrogens (tertiary/aromatic N) is 3. The van der Waals surface area contributed by atoms with Crippen molar-refractivity contribution >= 4 is 5.91 Å². The number of benzene rings is 1. The highest BCUT2D eigenvalue weighted by Crippen LogP contribution is 2.23. The van der Waals surface area contributed by atoms with Gasteiger partial charge in [0.2, 0.25) is 0 Å². The van der Waals surface area contributed by atoms with E-state index in [0.717, 1.165) is 0 Å². The van der Waals surface area contributed by atoms with E-state index in [4.69, 9.17) is 0 Å². The van der Waals surface area contributed by atoms with E-state index >= 15 is 0 Å². The van der Waals surface area contributed by atoms with E-state index < -0.39 is 0 Å². The zero-order chi connectivity index (χ0) is 11.8. The summed E-state index contributed by atoms with van der Waals surface area (Å²) in [4.78, 5) is 14.1. The fraction of sp³-hybridized carbons (Fsp3) is 0.231. The van der Waals surface area contributed by atoms with Crippen LogP contribution < -0.4 is 0 Å². The van der Waals surface area contributed by atoms with Crippen molar-refractivity contribution in [3.05, 3.63) is 53.3 Å². The first-order valence-corrected chi connectivity index (χ1v) is 5.59. The van der Waals surface area contributed by atoms with Crippen molar-refractivity contribution in [1.29, 1.82) is 0 Å². The zero-order valence-corrected chi connectivity index (χ0v) is 9.63. The number of amides is 1. The third-order valence-electron chi connectivity index (χ3n) is 3.08. The quantitative estimate of drug-likeness (QED) is 0.741. The lowest BCUT2D eigenvalue weighted by Gasteiger charge is -2.13. The Morgan fingerprint density at radius 3 is 2.41 bits per heavy atom. The Labute approximate surface area is 99.5 Å². The van der Waals surface area contributed by atoms with Gasteiger partial charge in [-0.05, 0) is 11.1 Å². The highest BCUT2D eigenvalue weighted by molar-refractivity contribution is 5.94. The van der Waals surface area contributed by atoms with E-state index in [-0.39, 0.29) is 5.91 Å². The van der Waals surface area contributed by atoms with Gasteiger partial charge >= 0.3 is 0 Å². The molecule has 0 spiro atoms. The fourth-order valence-corrected chi connectivity index (χ4v) is 2.19. The third-order valence-corrected chi connectivity index (χ3v) is 3.08. The Kier molecular flexibility index (Phi) is 2.21. The predicted molar refractivity (Wildman–Crippen MR) is 63.2 cm³/mol. The van der Waals surface area contributed by atoms with Crippen molar-refractivity contribution in [2.24, 2.45) is 7.05 Å². The van der Waals surface area contributed by atoms with Crippen LogP contribution in [0.1, 0.15) is 21.5 Å². The van der Waals surface area contributed by atoms with Crippen molar-refractivity contribution in [2.45, 2.75) is 13.1 Å². The van der Waals surface area contributed by atoms with Gasteiger partial charge in [0, 0.05) is 26.3 Å². The Morgan fingerprint density at radius 2 is 1.88 bits per heavy atom. The second kappa shape index (κ2) is 3.73. The maximum atomic E-state index is 12.2. The summed E-state index contributed by atoms with van der Waals surface area (Å²) in [5.74, 6) is 0.0503. The third kappa shape index (κ3) is 1.71. The average Bonchev–Trinajstić information content (AvgIpc) is 2.93. The summed E-state index contributed by atoms with van der Waals surface area (Å²) < 4.78 is 1.65. The van der Waals surface area contributed by atoms with Crippen LogP contribution in [0.15, 0.2) is 36.7 Å². The molecule has 1 aromatic heterocycles. The molecule has 0 radical (unpaired) electrons. The molecule has 0 bridgehead atoms. The molecule has 0 fully saturated rings. The van der Waals surface area contributed by atoms with E-state index in [1.165, 1.54) is 11.1 Å². The van der Waals surface area contributed by atoms with E-state index in [9.17, 15) is 4.79 Å². The van der Waals surface area contributed by atoms with Crippen LogP contribution in [0.3, 0.4) is 0 Å². The molecule has 3 rings (SSSR count). The number of aryl methyl sites for hydroxylation is 1. The summed E-state index contributed by atoms with van der Waals surface area (Å²) in [5.41, 5.74) is 3.13. The number of hydrogen-bond donors (Lipinski definition) is 0. The van der Waals surface area contributed by atoms with Crippen LogP contribution in [0, 0.1) is 0 Å². The van der Waals surface area contributed by atoms with Gasteiger partial charge in [-0.25, -0.2) is 0 Å². The Morgan fingerprint density at radius 1 is 1.24 bits per heavy atom. The summed E-state index contributed by atoms with van der Waals surface area (Å²) in [6.07, 6.45) is 3.37. The van der Waals surface area contributed by atoms with Crippen LogP contribution in [0.25, 0.3) is 0 Å². The van der Waals surface area contributed by atoms with Crippen LogP contribution >= 0.6 is 0 Å². The predicted octanol–water partition coefficient (Wildman–Crippen LogP) is 1.58. The number of carbonyl (C=O) groups is 1. The Bertz CT molecular complexity index is 549. The monoisotopic (exact) mass is 227 g/mol. The summed E-state index contributed by atoms with van der Waals surface area (Å²) in [5, 5.41) is 4.03. The Hall–Kier alpha value is -2.10. The first-order valence-electron chi connectivity index (χ1n) is 5.59. The van der Waals surface area contributed by atoms with Gasteiger partial charge in [0.25, 0.3) is 5.91 Å². The van der Waals surface area contributed by atoms with Gasteiger partial charge in [-0.2, -0.15) is 5.10 Å². The molecule has 0 unspecified atom stereocenters. The summed E-state index contributed by atoms with van der Waals surface area (Å²) in [7, 11) is 1.81. The molecule has 1 amide bonds. The van der Waals surface area contributed by atoms with Crippen LogP contribution in [0.5, 0.6) is 0 Å². The maximum Gasteiger partial charge on any atom is 0.257 e. The number of aromatic nitrogens is 2. The molecule has 86 valence electrons. The minimum absolute atomic E-state index is 0.0503. The van der Waals surface area contributed by atoms with Gasteiger partial charge in [0.15, 0.2) is 0 Å². The second-order valence-corrected chi connectivity index (χ2v) is 4.33. The highest BCUT2D eigenvalue weighted by Gasteiger charge is 2.24. The van der Waals surface area contributed by atoms with Crippen molar-refractivity contribution in [3.63, 3.8) is 0 Å². The first-order chi connectivity index (χ1) is 8.24. The maximum absolute atomic E-state index is 12.2. The standard InChI is InChI=1S/C13H13N3O/c1-15-7-12(6-14-15)13(17)16-8-10-4-2-3-5-11(10)9-16/h2-7H,8-9H2,1H3. The smallest absolute Gasteiger partial charge is 0.257 e. The molecular formula is C13H13N3O. The average molecular weight is 227 g/mol. The van der Waals surface area contributed by atoms with E-state index in [1.807, 2.05) is 24.1 Å². The lowest BCUT2D eigenvalue weighted by molar-refractivity contribution is 0.0751. The van der Waals surface area contributed by atoms with E-state index in [1.54, 1.807) is 17.1 Å². The van der Waals surface area contributed by atoms with Crippen molar-refractivity contribution in [1.82, 2.24) is 14.7 Å². The van der Waals surface area contributed by atoms with Crippen LogP contribution in [-0.2, 0) is 20.1 Å². The summed E-state index contributed by atoms with van der Waals surface area (Å²) in [6.45, 7) is 1.40. The number of rotatable bonds is 1. The molecule has 0 saturated heterocycles. The summed E-state index contributed by atoms with van der Waals surface area (Å²) in [6, 6.07) is 8.17. The number of hydrogen-bond acceptors (Lipinski definition) is 2. The molecule has 1 aliphatic heterocycles. The number of carbonyl (C=O) groups excluding carboxylic acids is 1. The zero-order valence-electron chi connectivity index (χ0n) is 9.63. The van der Waals surface area contributed by atoms with Crippen LogP contribution in [0.2, 0.25) is 0 Å². The van der Waals surface area contributed by atoms with Gasteiger partial charge in [-0.15, -0.1) is 0 Å². The molecule has 0 N–H and O–H groups in total. The van der Waals surface area contributed by atoms with Gasteiger partial charge in [0.05, 0.1) is 11.8 Å². The molecule has 2 heterocycles. The number of fused-ring (bicyclic) bond motifs is 1. The first kappa shape index (κ1) is 10.1. The van der Waals surface area contributed by atoms with E-state index in [2.05, 4.69) is 17.2 Å². The normalized spacial score (nSPS) is 13.8. The SMILES string of the molecule is Cn1cc(C(=O)N2Cc3ccccc3C2)cn1. The van der Waals surface area contributed by atoms with Gasteiger partial charge in [0.1, 0.15) is 0 Å². The van der Waals surface area contributed by atoms with Crippen molar-refractivity contribution in [2.75, 3.05) is 0 Å². The minimum atomic E-state index is 0.0503. The molecule has 4 nitrogen and oxygen atoms in total. The molecule has 2 aromatic rings. The fourth-order valence-electron chi connectivity index (χ4n) is 2.19. The molecule has 4 heteroatoms. The van der Waals surface area contributed by atoms with E-state index in [0.29, 0.717) is 18.7 Å². The van der Waals surface area contributed by atoms with Gasteiger partial charge < -0.3 is 4.90 Å². The summed E-state index contributed by atoms with van der Waals surface area (Å²) >= 11 is 0. The largest absolute Gasteiger partial charge is 0.330 e. The molecule has 1 aliphatic rings. The van der Waals surface area contributed by atoms with Crippen LogP contribution in [-0.4, -0.2) is 20.6 Å². The molecule has 0 aliphatic carbocycles. The van der Waals surface area contributed by atoms with Crippen LogP contribution in [0.4, 0.5) is 0 Å².